The lowest BCUT2D eigenvalue weighted by Crippen LogP contribution is -2.51. The highest BCUT2D eigenvalue weighted by atomic mass is 16.5. The maximum atomic E-state index is 13.2. The quantitative estimate of drug-likeness (QED) is 0.559. The van der Waals surface area contributed by atoms with E-state index in [0.29, 0.717) is 29.9 Å². The van der Waals surface area contributed by atoms with Crippen LogP contribution < -0.4 is 10.6 Å². The van der Waals surface area contributed by atoms with Gasteiger partial charge in [0.25, 0.3) is 11.8 Å². The zero-order chi connectivity index (χ0) is 26.0. The standard InChI is InChI=1S/C29H30N4O4/c1-19(34)31-22-9-7-21(8-10-22)28(36)33-17-13-29(14-18-33)24-6-4-3-5-23(24)25(26(29)37-2)32-27(35)20-11-15-30-16-12-20/h3-12,15-16,25-26H,13-14,17-18H2,1-2H3,(H,31,34)(H,32,35)/t25-,26+/m1/s1. The number of piperidine rings is 1. The molecule has 37 heavy (non-hydrogen) atoms. The number of rotatable bonds is 5. The number of amides is 3. The van der Waals surface area contributed by atoms with Gasteiger partial charge in [0.1, 0.15) is 0 Å². The highest BCUT2D eigenvalue weighted by Crippen LogP contribution is 2.52. The van der Waals surface area contributed by atoms with Crippen molar-refractivity contribution in [3.8, 4) is 0 Å². The molecule has 5 rings (SSSR count). The lowest BCUT2D eigenvalue weighted by atomic mass is 9.71. The van der Waals surface area contributed by atoms with Crippen LogP contribution in [0.3, 0.4) is 0 Å². The Hall–Kier alpha value is -4.04. The van der Waals surface area contributed by atoms with Crippen molar-refractivity contribution < 1.29 is 19.1 Å². The van der Waals surface area contributed by atoms with E-state index in [1.807, 2.05) is 17.0 Å². The Balaban J connectivity index is 1.35. The zero-order valence-corrected chi connectivity index (χ0v) is 20.9. The Bertz CT molecular complexity index is 1300. The predicted octanol–water partition coefficient (Wildman–Crippen LogP) is 3.71. The fraction of sp³-hybridized carbons (Fsp3) is 0.310. The number of anilines is 1. The third kappa shape index (κ3) is 4.60. The van der Waals surface area contributed by atoms with Crippen molar-refractivity contribution in [1.82, 2.24) is 15.2 Å². The molecule has 190 valence electrons. The molecule has 3 amide bonds. The molecule has 0 saturated carbocycles. The first kappa shape index (κ1) is 24.6. The van der Waals surface area contributed by atoms with E-state index in [2.05, 4.69) is 27.8 Å². The van der Waals surface area contributed by atoms with Crippen molar-refractivity contribution in [1.29, 1.82) is 0 Å². The molecule has 2 N–H and O–H groups in total. The van der Waals surface area contributed by atoms with Crippen LogP contribution in [0.2, 0.25) is 0 Å². The van der Waals surface area contributed by atoms with E-state index in [-0.39, 0.29) is 35.3 Å². The normalized spacial score (nSPS) is 19.8. The summed E-state index contributed by atoms with van der Waals surface area (Å²) in [5.41, 5.74) is 3.72. The predicted molar refractivity (Wildman–Crippen MR) is 139 cm³/mol. The molecule has 1 saturated heterocycles. The molecular weight excluding hydrogens is 468 g/mol. The molecular formula is C29H30N4O4. The molecule has 3 aromatic rings. The highest BCUT2D eigenvalue weighted by Gasteiger charge is 2.54. The number of aromatic nitrogens is 1. The molecule has 0 radical (unpaired) electrons. The van der Waals surface area contributed by atoms with Crippen LogP contribution in [0.5, 0.6) is 0 Å². The minimum absolute atomic E-state index is 0.0352. The van der Waals surface area contributed by atoms with Gasteiger partial charge < -0.3 is 20.3 Å². The van der Waals surface area contributed by atoms with Crippen LogP contribution >= 0.6 is 0 Å². The largest absolute Gasteiger partial charge is 0.378 e. The van der Waals surface area contributed by atoms with Gasteiger partial charge in [-0.2, -0.15) is 0 Å². The molecule has 1 aliphatic heterocycles. The number of carbonyl (C=O) groups is 3. The lowest BCUT2D eigenvalue weighted by molar-refractivity contribution is -0.114. The minimum Gasteiger partial charge on any atom is -0.378 e. The molecule has 2 heterocycles. The first-order chi connectivity index (χ1) is 17.9. The van der Waals surface area contributed by atoms with Gasteiger partial charge in [-0.25, -0.2) is 0 Å². The van der Waals surface area contributed by atoms with Gasteiger partial charge in [-0.3, -0.25) is 19.4 Å². The van der Waals surface area contributed by atoms with Crippen LogP contribution in [0.15, 0.2) is 73.1 Å². The summed E-state index contributed by atoms with van der Waals surface area (Å²) >= 11 is 0. The summed E-state index contributed by atoms with van der Waals surface area (Å²) in [5.74, 6) is -0.358. The van der Waals surface area contributed by atoms with Crippen LogP contribution in [-0.2, 0) is 14.9 Å². The van der Waals surface area contributed by atoms with Gasteiger partial charge in [0.15, 0.2) is 0 Å². The average Bonchev–Trinajstić information content (AvgIpc) is 3.17. The summed E-state index contributed by atoms with van der Waals surface area (Å²) in [6.45, 7) is 2.60. The van der Waals surface area contributed by atoms with Gasteiger partial charge in [-0.1, -0.05) is 24.3 Å². The summed E-state index contributed by atoms with van der Waals surface area (Å²) in [7, 11) is 1.69. The second-order valence-corrected chi connectivity index (χ2v) is 9.64. The summed E-state index contributed by atoms with van der Waals surface area (Å²) in [4.78, 5) is 43.4. The van der Waals surface area contributed by atoms with Gasteiger partial charge in [-0.05, 0) is 60.4 Å². The number of hydrogen-bond acceptors (Lipinski definition) is 5. The van der Waals surface area contributed by atoms with E-state index in [1.54, 1.807) is 55.9 Å². The Morgan fingerprint density at radius 1 is 0.946 bits per heavy atom. The third-order valence-electron chi connectivity index (χ3n) is 7.56. The molecule has 2 atom stereocenters. The van der Waals surface area contributed by atoms with Crippen LogP contribution in [0.25, 0.3) is 0 Å². The summed E-state index contributed by atoms with van der Waals surface area (Å²) < 4.78 is 6.10. The van der Waals surface area contributed by atoms with Gasteiger partial charge >= 0.3 is 0 Å². The number of methoxy groups -OCH3 is 1. The second kappa shape index (κ2) is 10.1. The van der Waals surface area contributed by atoms with Crippen LogP contribution in [-0.4, -0.2) is 53.9 Å². The molecule has 0 bridgehead atoms. The molecule has 1 spiro atoms. The SMILES string of the molecule is CO[C@H]1[C@H](NC(=O)c2ccncc2)c2ccccc2C12CCN(C(=O)c1ccc(NC(C)=O)cc1)CC2. The number of pyridine rings is 1. The van der Waals surface area contributed by atoms with Crippen molar-refractivity contribution in [3.05, 3.63) is 95.3 Å². The zero-order valence-electron chi connectivity index (χ0n) is 20.9. The van der Waals surface area contributed by atoms with E-state index >= 15 is 0 Å². The van der Waals surface area contributed by atoms with Gasteiger partial charge in [-0.15, -0.1) is 0 Å². The fourth-order valence-corrected chi connectivity index (χ4v) is 5.84. The number of carbonyl (C=O) groups excluding carboxylic acids is 3. The maximum absolute atomic E-state index is 13.2. The number of nitrogens with zero attached hydrogens (tertiary/aromatic N) is 2. The molecule has 2 aromatic carbocycles. The van der Waals surface area contributed by atoms with Crippen LogP contribution in [0.1, 0.15) is 57.7 Å². The number of nitrogens with one attached hydrogen (secondary N) is 2. The number of fused-ring (bicyclic) bond motifs is 2. The van der Waals surface area contributed by atoms with Crippen molar-refractivity contribution in [2.75, 3.05) is 25.5 Å². The Morgan fingerprint density at radius 2 is 1.62 bits per heavy atom. The van der Waals surface area contributed by atoms with Crippen LogP contribution in [0, 0.1) is 0 Å². The molecule has 1 aliphatic carbocycles. The number of likely N-dealkylation sites (tertiary alicyclic amines) is 1. The summed E-state index contributed by atoms with van der Waals surface area (Å²) in [6, 6.07) is 18.2. The molecule has 1 aromatic heterocycles. The lowest BCUT2D eigenvalue weighted by Gasteiger charge is -2.44. The Kier molecular flexibility index (Phi) is 6.76. The van der Waals surface area contributed by atoms with Gasteiger partial charge in [0.05, 0.1) is 12.1 Å². The van der Waals surface area contributed by atoms with Crippen molar-refractivity contribution in [2.45, 2.75) is 37.3 Å². The number of hydrogen-bond donors (Lipinski definition) is 2. The van der Waals surface area contributed by atoms with Gasteiger partial charge in [0.2, 0.25) is 5.91 Å². The second-order valence-electron chi connectivity index (χ2n) is 9.64. The Labute approximate surface area is 216 Å². The first-order valence-corrected chi connectivity index (χ1v) is 12.4. The monoisotopic (exact) mass is 498 g/mol. The molecule has 8 nitrogen and oxygen atoms in total. The maximum Gasteiger partial charge on any atom is 0.253 e. The fourth-order valence-electron chi connectivity index (χ4n) is 5.84. The highest BCUT2D eigenvalue weighted by molar-refractivity contribution is 5.96. The van der Waals surface area contributed by atoms with Gasteiger partial charge in [0, 0.05) is 61.7 Å². The average molecular weight is 499 g/mol. The molecule has 0 unspecified atom stereocenters. The number of benzene rings is 2. The molecule has 1 fully saturated rings. The van der Waals surface area contributed by atoms with E-state index < -0.39 is 0 Å². The number of ether oxygens (including phenoxy) is 1. The summed E-state index contributed by atoms with van der Waals surface area (Å²) in [6.07, 6.45) is 4.39. The van der Waals surface area contributed by atoms with E-state index in [4.69, 9.17) is 4.74 Å². The van der Waals surface area contributed by atoms with E-state index in [9.17, 15) is 14.4 Å². The van der Waals surface area contributed by atoms with Crippen molar-refractivity contribution >= 4 is 23.4 Å². The van der Waals surface area contributed by atoms with E-state index in [1.165, 1.54) is 12.5 Å². The molecule has 8 heteroatoms. The first-order valence-electron chi connectivity index (χ1n) is 12.4. The van der Waals surface area contributed by atoms with E-state index in [0.717, 1.165) is 18.4 Å². The summed E-state index contributed by atoms with van der Waals surface area (Å²) in [5, 5.41) is 5.92. The smallest absolute Gasteiger partial charge is 0.253 e. The third-order valence-corrected chi connectivity index (χ3v) is 7.56. The van der Waals surface area contributed by atoms with Crippen molar-refractivity contribution in [2.24, 2.45) is 0 Å². The van der Waals surface area contributed by atoms with Crippen molar-refractivity contribution in [3.63, 3.8) is 0 Å². The topological polar surface area (TPSA) is 101 Å². The molecule has 2 aliphatic rings. The Morgan fingerprint density at radius 3 is 2.27 bits per heavy atom. The van der Waals surface area contributed by atoms with Crippen LogP contribution in [0.4, 0.5) is 5.69 Å². The minimum atomic E-state index is -0.312.